The van der Waals surface area contributed by atoms with Gasteiger partial charge < -0.3 is 10.2 Å². The number of hydrogen-bond acceptors (Lipinski definition) is 6. The highest BCUT2D eigenvalue weighted by molar-refractivity contribution is 7.92. The lowest BCUT2D eigenvalue weighted by molar-refractivity contribution is 0.601. The van der Waals surface area contributed by atoms with Crippen LogP contribution < -0.4 is 14.9 Å². The minimum Gasteiger partial charge on any atom is -0.376 e. The zero-order valence-electron chi connectivity index (χ0n) is 15.3. The number of aromatic nitrogens is 2. The first-order valence-electron chi connectivity index (χ1n) is 8.30. The Bertz CT molecular complexity index is 1020. The smallest absolute Gasteiger partial charge is 0.261 e. The Morgan fingerprint density at radius 2 is 1.56 bits per heavy atom. The quantitative estimate of drug-likeness (QED) is 0.678. The fraction of sp³-hybridized carbons (Fsp3) is 0.158. The van der Waals surface area contributed by atoms with Gasteiger partial charge in [-0.15, -0.1) is 5.10 Å². The molecule has 27 heavy (non-hydrogen) atoms. The number of sulfonamides is 1. The minimum atomic E-state index is -3.62. The molecule has 2 aromatic carbocycles. The van der Waals surface area contributed by atoms with Gasteiger partial charge in [0, 0.05) is 31.5 Å². The lowest BCUT2D eigenvalue weighted by Crippen LogP contribution is -2.12. The van der Waals surface area contributed by atoms with Crippen LogP contribution >= 0.6 is 0 Å². The predicted octanol–water partition coefficient (Wildman–Crippen LogP) is 3.40. The van der Waals surface area contributed by atoms with E-state index in [-0.39, 0.29) is 4.90 Å². The number of nitrogens with zero attached hydrogens (tertiary/aromatic N) is 3. The molecule has 140 valence electrons. The third kappa shape index (κ3) is 4.73. The van der Waals surface area contributed by atoms with Gasteiger partial charge in [-0.25, -0.2) is 8.42 Å². The van der Waals surface area contributed by atoms with E-state index in [9.17, 15) is 8.42 Å². The van der Waals surface area contributed by atoms with Gasteiger partial charge in [-0.2, -0.15) is 5.10 Å². The van der Waals surface area contributed by atoms with Crippen molar-refractivity contribution in [1.82, 2.24) is 10.2 Å². The van der Waals surface area contributed by atoms with Crippen LogP contribution in [0.5, 0.6) is 0 Å². The van der Waals surface area contributed by atoms with Gasteiger partial charge in [0.1, 0.15) is 0 Å². The van der Waals surface area contributed by atoms with Gasteiger partial charge in [-0.1, -0.05) is 17.7 Å². The molecule has 0 aliphatic heterocycles. The average molecular weight is 383 g/mol. The van der Waals surface area contributed by atoms with E-state index in [0.717, 1.165) is 16.9 Å². The summed E-state index contributed by atoms with van der Waals surface area (Å²) in [6.45, 7) is 1.91. The van der Waals surface area contributed by atoms with E-state index in [1.807, 2.05) is 32.0 Å². The van der Waals surface area contributed by atoms with Crippen LogP contribution in [0.3, 0.4) is 0 Å². The maximum absolute atomic E-state index is 12.4. The molecule has 7 nitrogen and oxygen atoms in total. The van der Waals surface area contributed by atoms with Crippen LogP contribution in [0.2, 0.25) is 0 Å². The Labute approximate surface area is 159 Å². The van der Waals surface area contributed by atoms with Crippen molar-refractivity contribution in [3.63, 3.8) is 0 Å². The van der Waals surface area contributed by atoms with Crippen molar-refractivity contribution in [3.8, 4) is 0 Å². The van der Waals surface area contributed by atoms with Gasteiger partial charge in [-0.3, -0.25) is 4.72 Å². The Hall–Kier alpha value is -3.13. The summed E-state index contributed by atoms with van der Waals surface area (Å²) in [6, 6.07) is 15.5. The molecule has 0 amide bonds. The fourth-order valence-corrected chi connectivity index (χ4v) is 3.42. The molecule has 0 atom stereocenters. The summed E-state index contributed by atoms with van der Waals surface area (Å²) < 4.78 is 27.5. The van der Waals surface area contributed by atoms with E-state index in [1.54, 1.807) is 54.7 Å². The molecular formula is C19H21N5O2S. The SMILES string of the molecule is Cc1ccc(S(=O)(=O)Nc2ccc(Nc3cc(N(C)C)cnn3)cc2)cc1. The summed E-state index contributed by atoms with van der Waals surface area (Å²) in [5.74, 6) is 0.606. The van der Waals surface area contributed by atoms with Gasteiger partial charge >= 0.3 is 0 Å². The second-order valence-electron chi connectivity index (χ2n) is 6.31. The van der Waals surface area contributed by atoms with Crippen LogP contribution in [0.4, 0.5) is 22.9 Å². The second kappa shape index (κ2) is 7.63. The van der Waals surface area contributed by atoms with Crippen LogP contribution in [0.25, 0.3) is 0 Å². The summed E-state index contributed by atoms with van der Waals surface area (Å²) in [5.41, 5.74) is 3.19. The predicted molar refractivity (Wildman–Crippen MR) is 108 cm³/mol. The van der Waals surface area contributed by atoms with E-state index in [4.69, 9.17) is 0 Å². The molecule has 0 radical (unpaired) electrons. The highest BCUT2D eigenvalue weighted by Crippen LogP contribution is 2.22. The molecule has 0 bridgehead atoms. The molecule has 0 aliphatic carbocycles. The summed E-state index contributed by atoms with van der Waals surface area (Å²) >= 11 is 0. The molecular weight excluding hydrogens is 362 g/mol. The Morgan fingerprint density at radius 3 is 2.19 bits per heavy atom. The third-order valence-electron chi connectivity index (χ3n) is 3.90. The third-order valence-corrected chi connectivity index (χ3v) is 5.29. The van der Waals surface area contributed by atoms with Crippen LogP contribution in [0, 0.1) is 6.92 Å². The van der Waals surface area contributed by atoms with Crippen LogP contribution in [-0.4, -0.2) is 32.7 Å². The number of hydrogen-bond donors (Lipinski definition) is 2. The lowest BCUT2D eigenvalue weighted by Gasteiger charge is -2.13. The number of rotatable bonds is 6. The molecule has 1 aromatic heterocycles. The molecule has 0 fully saturated rings. The van der Waals surface area contributed by atoms with Gasteiger partial charge in [0.05, 0.1) is 16.8 Å². The molecule has 0 unspecified atom stereocenters. The molecule has 0 saturated heterocycles. The Kier molecular flexibility index (Phi) is 5.27. The topological polar surface area (TPSA) is 87.2 Å². The van der Waals surface area contributed by atoms with Crippen molar-refractivity contribution in [2.45, 2.75) is 11.8 Å². The van der Waals surface area contributed by atoms with Crippen molar-refractivity contribution < 1.29 is 8.42 Å². The number of nitrogens with one attached hydrogen (secondary N) is 2. The first kappa shape index (κ1) is 18.7. The summed E-state index contributed by atoms with van der Waals surface area (Å²) in [6.07, 6.45) is 1.67. The molecule has 0 aliphatic rings. The van der Waals surface area contributed by atoms with Gasteiger partial charge in [0.25, 0.3) is 10.0 Å². The zero-order chi connectivity index (χ0) is 19.4. The number of anilines is 4. The van der Waals surface area contributed by atoms with Crippen LogP contribution in [0.15, 0.2) is 65.7 Å². The molecule has 1 heterocycles. The first-order valence-corrected chi connectivity index (χ1v) is 9.78. The van der Waals surface area contributed by atoms with Crippen LogP contribution in [-0.2, 0) is 10.0 Å². The standard InChI is InChI=1S/C19H21N5O2S/c1-14-4-10-18(11-5-14)27(25,26)23-16-8-6-15(7-9-16)21-19-12-17(24(2)3)13-20-22-19/h4-13,23H,1-3H3,(H,21,22). The minimum absolute atomic E-state index is 0.228. The summed E-state index contributed by atoms with van der Waals surface area (Å²) in [5, 5.41) is 11.2. The fourth-order valence-electron chi connectivity index (χ4n) is 2.36. The number of benzene rings is 2. The van der Waals surface area contributed by atoms with Gasteiger partial charge in [-0.05, 0) is 43.3 Å². The van der Waals surface area contributed by atoms with Gasteiger partial charge in [0.15, 0.2) is 5.82 Å². The van der Waals surface area contributed by atoms with Crippen molar-refractivity contribution in [1.29, 1.82) is 0 Å². The van der Waals surface area contributed by atoms with Crippen molar-refractivity contribution >= 4 is 32.9 Å². The highest BCUT2D eigenvalue weighted by Gasteiger charge is 2.13. The monoisotopic (exact) mass is 383 g/mol. The first-order chi connectivity index (χ1) is 12.8. The van der Waals surface area contributed by atoms with Crippen molar-refractivity contribution in [2.75, 3.05) is 29.0 Å². The molecule has 2 N–H and O–H groups in total. The van der Waals surface area contributed by atoms with Crippen molar-refractivity contribution in [3.05, 3.63) is 66.4 Å². The zero-order valence-corrected chi connectivity index (χ0v) is 16.2. The summed E-state index contributed by atoms with van der Waals surface area (Å²) in [7, 11) is 0.237. The molecule has 0 spiro atoms. The molecule has 8 heteroatoms. The maximum atomic E-state index is 12.4. The number of aryl methyl sites for hydroxylation is 1. The Balaban J connectivity index is 1.72. The van der Waals surface area contributed by atoms with E-state index in [0.29, 0.717) is 11.5 Å². The second-order valence-corrected chi connectivity index (χ2v) is 8.00. The van der Waals surface area contributed by atoms with Crippen molar-refractivity contribution in [2.24, 2.45) is 0 Å². The molecule has 3 aromatic rings. The highest BCUT2D eigenvalue weighted by atomic mass is 32.2. The van der Waals surface area contributed by atoms with E-state index in [1.165, 1.54) is 0 Å². The van der Waals surface area contributed by atoms with E-state index >= 15 is 0 Å². The van der Waals surface area contributed by atoms with E-state index < -0.39 is 10.0 Å². The average Bonchev–Trinajstić information content (AvgIpc) is 2.64. The molecule has 0 saturated carbocycles. The van der Waals surface area contributed by atoms with Gasteiger partial charge in [0.2, 0.25) is 0 Å². The lowest BCUT2D eigenvalue weighted by atomic mass is 10.2. The maximum Gasteiger partial charge on any atom is 0.261 e. The largest absolute Gasteiger partial charge is 0.376 e. The van der Waals surface area contributed by atoms with E-state index in [2.05, 4.69) is 20.2 Å². The van der Waals surface area contributed by atoms with Crippen LogP contribution in [0.1, 0.15) is 5.56 Å². The molecule has 3 rings (SSSR count). The normalized spacial score (nSPS) is 11.1. The summed E-state index contributed by atoms with van der Waals surface area (Å²) in [4.78, 5) is 2.16. The Morgan fingerprint density at radius 1 is 0.926 bits per heavy atom.